The largest absolute Gasteiger partial charge is 0.300 e. The maximum Gasteiger partial charge on any atom is 0.129 e. The molecule has 0 heterocycles. The van der Waals surface area contributed by atoms with Crippen LogP contribution in [0.1, 0.15) is 69.9 Å². The van der Waals surface area contributed by atoms with E-state index >= 15 is 0 Å². The van der Waals surface area contributed by atoms with Gasteiger partial charge in [0.15, 0.2) is 0 Å². The topological polar surface area (TPSA) is 17.1 Å². The van der Waals surface area contributed by atoms with Crippen LogP contribution in [0.3, 0.4) is 0 Å². The summed E-state index contributed by atoms with van der Waals surface area (Å²) in [5, 5.41) is 0. The smallest absolute Gasteiger partial charge is 0.129 e. The highest BCUT2D eigenvalue weighted by Gasteiger charge is 2.22. The Balaban J connectivity index is 0.00000191. The Labute approximate surface area is 132 Å². The van der Waals surface area contributed by atoms with Crippen molar-refractivity contribution in [1.82, 2.24) is 0 Å². The number of Topliss-reactive ketones (excluding diaryl/α,β-unsaturated/α-hetero) is 1. The van der Waals surface area contributed by atoms with Gasteiger partial charge in [-0.25, -0.2) is 0 Å². The molecule has 2 radical (unpaired) electrons. The average Bonchev–Trinajstić information content (AvgIpc) is 2.49. The Morgan fingerprint density at radius 1 is 1.14 bits per heavy atom. The van der Waals surface area contributed by atoms with Crippen LogP contribution in [0.25, 0.3) is 0 Å². The average molecular weight is 286 g/mol. The van der Waals surface area contributed by atoms with Crippen LogP contribution in [0.4, 0.5) is 0 Å². The molecule has 1 rings (SSSR count). The molecule has 0 saturated carbocycles. The quantitative estimate of drug-likeness (QED) is 0.578. The first-order valence-corrected chi connectivity index (χ1v) is 8.22. The molecule has 0 aliphatic rings. The zero-order chi connectivity index (χ0) is 16.3. The molecule has 0 spiro atoms. The van der Waals surface area contributed by atoms with Gasteiger partial charge in [0, 0.05) is 6.42 Å². The third-order valence-electron chi connectivity index (χ3n) is 4.12. The molecule has 116 valence electrons. The number of benzene rings is 1. The van der Waals surface area contributed by atoms with Crippen molar-refractivity contribution in [2.75, 3.05) is 0 Å². The van der Waals surface area contributed by atoms with Gasteiger partial charge in [0.2, 0.25) is 0 Å². The van der Waals surface area contributed by atoms with Crippen LogP contribution in [-0.4, -0.2) is 13.6 Å². The van der Waals surface area contributed by atoms with Gasteiger partial charge in [0.1, 0.15) is 5.78 Å². The molecule has 2 unspecified atom stereocenters. The van der Waals surface area contributed by atoms with E-state index in [9.17, 15) is 4.79 Å². The zero-order valence-corrected chi connectivity index (χ0v) is 14.5. The lowest BCUT2D eigenvalue weighted by Gasteiger charge is -2.27. The van der Waals surface area contributed by atoms with E-state index in [1.807, 2.05) is 0 Å². The second kappa shape index (κ2) is 11.6. The number of hydrogen-bond acceptors (Lipinski definition) is 1. The predicted octanol–water partition coefficient (Wildman–Crippen LogP) is 5.48. The lowest BCUT2D eigenvalue weighted by molar-refractivity contribution is -0.117. The summed E-state index contributed by atoms with van der Waals surface area (Å²) >= 11 is 0. The van der Waals surface area contributed by atoms with E-state index in [1.165, 1.54) is 30.8 Å². The number of ketones is 1. The van der Waals surface area contributed by atoms with Crippen LogP contribution in [0, 0.1) is 12.8 Å². The minimum atomic E-state index is 0.320. The minimum absolute atomic E-state index is 0.320. The van der Waals surface area contributed by atoms with Gasteiger partial charge in [-0.05, 0) is 49.7 Å². The van der Waals surface area contributed by atoms with Gasteiger partial charge in [-0.3, -0.25) is 0 Å². The summed E-state index contributed by atoms with van der Waals surface area (Å²) in [6, 6.07) is 8.71. The monoisotopic (exact) mass is 286 g/mol. The molecule has 1 nitrogen and oxygen atoms in total. The Bertz CT molecular complexity index is 400. The lowest BCUT2D eigenvalue weighted by Crippen LogP contribution is -2.15. The first kappa shape index (κ1) is 20.0. The fourth-order valence-corrected chi connectivity index (χ4v) is 3.12. The van der Waals surface area contributed by atoms with Crippen LogP contribution in [0.5, 0.6) is 0 Å². The normalized spacial score (nSPS) is 13.0. The second-order valence-electron chi connectivity index (χ2n) is 5.66. The Morgan fingerprint density at radius 3 is 2.24 bits per heavy atom. The molecule has 0 aromatic heterocycles. The minimum Gasteiger partial charge on any atom is -0.300 e. The van der Waals surface area contributed by atoms with Gasteiger partial charge >= 0.3 is 0 Å². The van der Waals surface area contributed by atoms with Crippen LogP contribution >= 0.6 is 0 Å². The van der Waals surface area contributed by atoms with E-state index in [2.05, 4.69) is 52.9 Å². The van der Waals surface area contributed by atoms with Gasteiger partial charge in [0.25, 0.3) is 0 Å². The van der Waals surface area contributed by atoms with E-state index in [-0.39, 0.29) is 0 Å². The number of carbonyl (C=O) groups excluding carboxylic acids is 1. The second-order valence-corrected chi connectivity index (χ2v) is 5.66. The molecule has 2 atom stereocenters. The summed E-state index contributed by atoms with van der Waals surface area (Å²) in [5.74, 6) is 1.56. The van der Waals surface area contributed by atoms with Crippen molar-refractivity contribution in [3.63, 3.8) is 0 Å². The summed E-state index contributed by atoms with van der Waals surface area (Å²) in [6.45, 7) is 9.92. The van der Waals surface area contributed by atoms with Gasteiger partial charge in [-0.15, -0.1) is 0 Å². The first-order chi connectivity index (χ1) is 10.1. The van der Waals surface area contributed by atoms with Crippen LogP contribution in [0.2, 0.25) is 6.82 Å². The summed E-state index contributed by atoms with van der Waals surface area (Å²) < 4.78 is 0. The Kier molecular flexibility index (Phi) is 11.0. The molecule has 1 aromatic carbocycles. The zero-order valence-electron chi connectivity index (χ0n) is 14.5. The number of rotatable bonds is 8. The highest BCUT2D eigenvalue weighted by molar-refractivity contribution is 6.05. The van der Waals surface area contributed by atoms with E-state index < -0.39 is 0 Å². The van der Waals surface area contributed by atoms with Crippen molar-refractivity contribution in [3.05, 3.63) is 35.4 Å². The van der Waals surface area contributed by atoms with Crippen molar-refractivity contribution < 1.29 is 4.79 Å². The van der Waals surface area contributed by atoms with E-state index in [1.54, 1.807) is 6.92 Å². The Morgan fingerprint density at radius 2 is 1.76 bits per heavy atom. The van der Waals surface area contributed by atoms with Crippen LogP contribution in [0.15, 0.2) is 24.3 Å². The molecule has 2 heteroatoms. The van der Waals surface area contributed by atoms with E-state index in [4.69, 9.17) is 0 Å². The molecule has 0 fully saturated rings. The highest BCUT2D eigenvalue weighted by atomic mass is 16.1. The summed E-state index contributed by atoms with van der Waals surface area (Å²) in [7, 11) is 4.50. The Hall–Kier alpha value is -1.05. The SMILES string of the molecule is CCCC(CCC(C)=O)C(CC)c1ccccc1C.[B]C. The van der Waals surface area contributed by atoms with Crippen molar-refractivity contribution in [1.29, 1.82) is 0 Å². The molecular weight excluding hydrogens is 255 g/mol. The number of hydrogen-bond donors (Lipinski definition) is 0. The van der Waals surface area contributed by atoms with Crippen LogP contribution in [-0.2, 0) is 4.79 Å². The fourth-order valence-electron chi connectivity index (χ4n) is 3.12. The highest BCUT2D eigenvalue weighted by Crippen LogP contribution is 2.35. The van der Waals surface area contributed by atoms with Crippen molar-refractivity contribution in [3.8, 4) is 0 Å². The van der Waals surface area contributed by atoms with E-state index in [0.717, 1.165) is 19.3 Å². The molecule has 1 aromatic rings. The maximum atomic E-state index is 11.3. The van der Waals surface area contributed by atoms with E-state index in [0.29, 0.717) is 17.6 Å². The molecule has 0 aliphatic heterocycles. The number of carbonyl (C=O) groups is 1. The maximum absolute atomic E-state index is 11.3. The first-order valence-electron chi connectivity index (χ1n) is 8.22. The lowest BCUT2D eigenvalue weighted by atomic mass is 9.77. The molecule has 0 bridgehead atoms. The predicted molar refractivity (Wildman–Crippen MR) is 94.1 cm³/mol. The van der Waals surface area contributed by atoms with Gasteiger partial charge < -0.3 is 4.79 Å². The molecule has 0 aliphatic carbocycles. The summed E-state index contributed by atoms with van der Waals surface area (Å²) in [6.07, 6.45) is 5.35. The summed E-state index contributed by atoms with van der Waals surface area (Å²) in [5.41, 5.74) is 2.87. The third-order valence-corrected chi connectivity index (χ3v) is 4.12. The molecular formula is C19H31BO. The van der Waals surface area contributed by atoms with Crippen molar-refractivity contribution in [2.45, 2.75) is 72.5 Å². The van der Waals surface area contributed by atoms with Gasteiger partial charge in [0.05, 0.1) is 7.85 Å². The van der Waals surface area contributed by atoms with Gasteiger partial charge in [-0.1, -0.05) is 57.8 Å². The van der Waals surface area contributed by atoms with Crippen molar-refractivity contribution in [2.24, 2.45) is 5.92 Å². The molecule has 0 N–H and O–H groups in total. The van der Waals surface area contributed by atoms with Crippen molar-refractivity contribution >= 4 is 13.6 Å². The summed E-state index contributed by atoms with van der Waals surface area (Å²) in [4.78, 5) is 11.3. The van der Waals surface area contributed by atoms with Crippen LogP contribution < -0.4 is 0 Å². The number of aryl methyl sites for hydroxylation is 1. The standard InChI is InChI=1S/C18H28O.CH3B/c1-5-9-16(13-12-15(4)19)17(6-2)18-11-8-7-10-14(18)3;1-2/h7-8,10-11,16-17H,5-6,9,12-13H2,1-4H3;1H3. The fraction of sp³-hybridized carbons (Fsp3) is 0.632. The third kappa shape index (κ3) is 6.97. The molecule has 21 heavy (non-hydrogen) atoms. The molecule has 0 amide bonds. The van der Waals surface area contributed by atoms with Gasteiger partial charge in [-0.2, -0.15) is 0 Å². The molecule has 0 saturated heterocycles.